The third-order valence-electron chi connectivity index (χ3n) is 5.37. The molecule has 5 nitrogen and oxygen atoms in total. The zero-order chi connectivity index (χ0) is 22.8. The molecule has 3 rings (SSSR count). The lowest BCUT2D eigenvalue weighted by Crippen LogP contribution is -2.29. The van der Waals surface area contributed by atoms with Crippen molar-refractivity contribution in [3.05, 3.63) is 94.5 Å². The van der Waals surface area contributed by atoms with Gasteiger partial charge >= 0.3 is 0 Å². The average molecular weight is 437 g/mol. The molecule has 0 fully saturated rings. The fourth-order valence-corrected chi connectivity index (χ4v) is 4.74. The molecule has 0 saturated heterocycles. The molecule has 31 heavy (non-hydrogen) atoms. The van der Waals surface area contributed by atoms with Gasteiger partial charge in [0.2, 0.25) is 0 Å². The monoisotopic (exact) mass is 436 g/mol. The van der Waals surface area contributed by atoms with Crippen molar-refractivity contribution in [2.24, 2.45) is 0 Å². The molecule has 0 bridgehead atoms. The molecule has 0 heterocycles. The molecule has 0 aliphatic rings. The molecule has 3 aromatic rings. The van der Waals surface area contributed by atoms with Gasteiger partial charge in [-0.15, -0.1) is 0 Å². The number of carbonyl (C=O) groups excluding carboxylic acids is 1. The predicted molar refractivity (Wildman–Crippen MR) is 125 cm³/mol. The van der Waals surface area contributed by atoms with Crippen LogP contribution >= 0.6 is 0 Å². The Bertz CT molecular complexity index is 1220. The molecule has 0 aromatic heterocycles. The summed E-state index contributed by atoms with van der Waals surface area (Å²) in [5.74, 6) is -0.316. The minimum atomic E-state index is -3.80. The van der Waals surface area contributed by atoms with Crippen molar-refractivity contribution in [2.45, 2.75) is 38.6 Å². The SMILES string of the molecule is Cc1cccc(N(C)S(=O)(=O)c2cccc(C(=O)N[C@H](C)c3cc(C)ccc3C)c2)c1. The Morgan fingerprint density at radius 2 is 1.58 bits per heavy atom. The molecule has 0 saturated carbocycles. The lowest BCUT2D eigenvalue weighted by atomic mass is 10.00. The van der Waals surface area contributed by atoms with Gasteiger partial charge in [-0.25, -0.2) is 8.42 Å². The first kappa shape index (κ1) is 22.6. The Kier molecular flexibility index (Phi) is 6.51. The number of aryl methyl sites for hydroxylation is 3. The minimum Gasteiger partial charge on any atom is -0.346 e. The molecule has 162 valence electrons. The van der Waals surface area contributed by atoms with E-state index in [0.717, 1.165) is 22.3 Å². The maximum Gasteiger partial charge on any atom is 0.264 e. The quantitative estimate of drug-likeness (QED) is 0.596. The van der Waals surface area contributed by atoms with Crippen LogP contribution in [0.5, 0.6) is 0 Å². The number of nitrogens with one attached hydrogen (secondary N) is 1. The Hall–Kier alpha value is -3.12. The van der Waals surface area contributed by atoms with E-state index >= 15 is 0 Å². The highest BCUT2D eigenvalue weighted by Gasteiger charge is 2.23. The van der Waals surface area contributed by atoms with Gasteiger partial charge in [0, 0.05) is 12.6 Å². The fraction of sp³-hybridized carbons (Fsp3) is 0.240. The van der Waals surface area contributed by atoms with Crippen LogP contribution in [-0.4, -0.2) is 21.4 Å². The van der Waals surface area contributed by atoms with Gasteiger partial charge in [-0.2, -0.15) is 0 Å². The molecule has 0 spiro atoms. The maximum absolute atomic E-state index is 13.1. The van der Waals surface area contributed by atoms with E-state index in [0.29, 0.717) is 11.3 Å². The zero-order valence-corrected chi connectivity index (χ0v) is 19.3. The molecule has 0 radical (unpaired) electrons. The molecular formula is C25H28N2O3S. The summed E-state index contributed by atoms with van der Waals surface area (Å²) in [6.45, 7) is 7.85. The van der Waals surface area contributed by atoms with Gasteiger partial charge in [0.05, 0.1) is 16.6 Å². The summed E-state index contributed by atoms with van der Waals surface area (Å²) in [5.41, 5.74) is 5.09. The third-order valence-corrected chi connectivity index (χ3v) is 7.15. The number of sulfonamides is 1. The summed E-state index contributed by atoms with van der Waals surface area (Å²) >= 11 is 0. The summed E-state index contributed by atoms with van der Waals surface area (Å²) in [5, 5.41) is 2.98. The van der Waals surface area contributed by atoms with Crippen molar-refractivity contribution in [3.63, 3.8) is 0 Å². The Morgan fingerprint density at radius 3 is 2.29 bits per heavy atom. The van der Waals surface area contributed by atoms with Crippen molar-refractivity contribution >= 4 is 21.6 Å². The van der Waals surface area contributed by atoms with E-state index in [-0.39, 0.29) is 16.8 Å². The normalized spacial score (nSPS) is 12.3. The minimum absolute atomic E-state index is 0.0727. The van der Waals surface area contributed by atoms with E-state index < -0.39 is 10.0 Å². The van der Waals surface area contributed by atoms with E-state index in [1.807, 2.05) is 52.0 Å². The molecule has 1 N–H and O–H groups in total. The predicted octanol–water partition coefficient (Wildman–Crippen LogP) is 4.93. The van der Waals surface area contributed by atoms with E-state index in [1.54, 1.807) is 24.3 Å². The molecule has 1 atom stereocenters. The number of amides is 1. The van der Waals surface area contributed by atoms with Crippen molar-refractivity contribution in [1.82, 2.24) is 5.32 Å². The number of carbonyl (C=O) groups is 1. The van der Waals surface area contributed by atoms with Gasteiger partial charge < -0.3 is 5.32 Å². The number of hydrogen-bond donors (Lipinski definition) is 1. The van der Waals surface area contributed by atoms with E-state index in [2.05, 4.69) is 11.4 Å². The summed E-state index contributed by atoms with van der Waals surface area (Å²) in [6.07, 6.45) is 0. The molecular weight excluding hydrogens is 408 g/mol. The van der Waals surface area contributed by atoms with E-state index in [9.17, 15) is 13.2 Å². The number of benzene rings is 3. The average Bonchev–Trinajstić information content (AvgIpc) is 2.74. The topological polar surface area (TPSA) is 66.5 Å². The fourth-order valence-electron chi connectivity index (χ4n) is 3.50. The van der Waals surface area contributed by atoms with Crippen LogP contribution in [0.15, 0.2) is 71.6 Å². The third kappa shape index (κ3) is 4.97. The van der Waals surface area contributed by atoms with Crippen LogP contribution in [0.4, 0.5) is 5.69 Å². The van der Waals surface area contributed by atoms with Gasteiger partial charge in [0.25, 0.3) is 15.9 Å². The van der Waals surface area contributed by atoms with Gasteiger partial charge in [-0.05, 0) is 74.7 Å². The molecule has 6 heteroatoms. The van der Waals surface area contributed by atoms with Crippen molar-refractivity contribution < 1.29 is 13.2 Å². The van der Waals surface area contributed by atoms with Crippen molar-refractivity contribution in [1.29, 1.82) is 0 Å². The highest BCUT2D eigenvalue weighted by Crippen LogP contribution is 2.24. The number of hydrogen-bond acceptors (Lipinski definition) is 3. The summed E-state index contributed by atoms with van der Waals surface area (Å²) < 4.78 is 27.5. The Morgan fingerprint density at radius 1 is 0.903 bits per heavy atom. The molecule has 1 amide bonds. The molecule has 0 aliphatic carbocycles. The summed E-state index contributed by atoms with van der Waals surface area (Å²) in [4.78, 5) is 12.9. The largest absolute Gasteiger partial charge is 0.346 e. The smallest absolute Gasteiger partial charge is 0.264 e. The van der Waals surface area contributed by atoms with Crippen LogP contribution in [-0.2, 0) is 10.0 Å². The highest BCUT2D eigenvalue weighted by molar-refractivity contribution is 7.92. The number of nitrogens with zero attached hydrogens (tertiary/aromatic N) is 1. The Balaban J connectivity index is 1.85. The van der Waals surface area contributed by atoms with Crippen LogP contribution < -0.4 is 9.62 Å². The number of rotatable bonds is 6. The van der Waals surface area contributed by atoms with Crippen LogP contribution in [0.2, 0.25) is 0 Å². The first-order valence-electron chi connectivity index (χ1n) is 10.1. The van der Waals surface area contributed by atoms with Crippen molar-refractivity contribution in [2.75, 3.05) is 11.4 Å². The van der Waals surface area contributed by atoms with Crippen molar-refractivity contribution in [3.8, 4) is 0 Å². The van der Waals surface area contributed by atoms with Crippen LogP contribution in [0.1, 0.15) is 45.6 Å². The summed E-state index contributed by atoms with van der Waals surface area (Å²) in [6, 6.07) is 19.3. The van der Waals surface area contributed by atoms with Gasteiger partial charge in [-0.3, -0.25) is 9.10 Å². The first-order chi connectivity index (χ1) is 14.6. The maximum atomic E-state index is 13.1. The van der Waals surface area contributed by atoms with Crippen LogP contribution in [0.25, 0.3) is 0 Å². The zero-order valence-electron chi connectivity index (χ0n) is 18.5. The van der Waals surface area contributed by atoms with E-state index in [1.165, 1.54) is 23.5 Å². The molecule has 0 aliphatic heterocycles. The Labute approximate surface area is 184 Å². The second kappa shape index (κ2) is 8.94. The van der Waals surface area contributed by atoms with Crippen LogP contribution in [0.3, 0.4) is 0 Å². The lowest BCUT2D eigenvalue weighted by molar-refractivity contribution is 0.0939. The second-order valence-electron chi connectivity index (χ2n) is 7.89. The van der Waals surface area contributed by atoms with Gasteiger partial charge in [0.1, 0.15) is 0 Å². The summed E-state index contributed by atoms with van der Waals surface area (Å²) in [7, 11) is -2.29. The van der Waals surface area contributed by atoms with Gasteiger partial charge in [0.15, 0.2) is 0 Å². The number of anilines is 1. The first-order valence-corrected chi connectivity index (χ1v) is 11.6. The molecule has 0 unspecified atom stereocenters. The second-order valence-corrected chi connectivity index (χ2v) is 9.86. The highest BCUT2D eigenvalue weighted by atomic mass is 32.2. The lowest BCUT2D eigenvalue weighted by Gasteiger charge is -2.21. The molecule has 3 aromatic carbocycles. The van der Waals surface area contributed by atoms with Crippen LogP contribution in [0, 0.1) is 20.8 Å². The van der Waals surface area contributed by atoms with E-state index in [4.69, 9.17) is 0 Å². The van der Waals surface area contributed by atoms with Gasteiger partial charge in [-0.1, -0.05) is 42.0 Å². The standard InChI is InChI=1S/C25H28N2O3S/c1-17-8-6-10-22(14-17)27(5)31(29,30)23-11-7-9-21(16-23)25(28)26-20(4)24-15-18(2)12-13-19(24)3/h6-16,20H,1-5H3,(H,26,28)/t20-/m1/s1.